The van der Waals surface area contributed by atoms with E-state index in [-0.39, 0.29) is 12.1 Å². The first-order valence-electron chi connectivity index (χ1n) is 8.39. The molecule has 1 aromatic heterocycles. The van der Waals surface area contributed by atoms with E-state index in [0.29, 0.717) is 5.82 Å². The topological polar surface area (TPSA) is 59.0 Å². The quantitative estimate of drug-likeness (QED) is 0.844. The molecule has 0 bridgehead atoms. The third-order valence-electron chi connectivity index (χ3n) is 4.38. The van der Waals surface area contributed by atoms with E-state index in [1.165, 1.54) is 25.7 Å². The molecule has 1 saturated carbocycles. The van der Waals surface area contributed by atoms with Gasteiger partial charge < -0.3 is 5.32 Å². The highest BCUT2D eigenvalue weighted by Crippen LogP contribution is 2.22. The number of urea groups is 1. The van der Waals surface area contributed by atoms with Crippen LogP contribution < -0.4 is 10.6 Å². The van der Waals surface area contributed by atoms with Gasteiger partial charge in [0.25, 0.3) is 0 Å². The molecule has 23 heavy (non-hydrogen) atoms. The van der Waals surface area contributed by atoms with E-state index in [4.69, 9.17) is 0 Å². The fourth-order valence-electron chi connectivity index (χ4n) is 3.17. The number of rotatable bonds is 3. The van der Waals surface area contributed by atoms with Crippen LogP contribution in [0.3, 0.4) is 0 Å². The first kappa shape index (κ1) is 15.6. The van der Waals surface area contributed by atoms with Crippen LogP contribution in [0, 0.1) is 0 Å². The van der Waals surface area contributed by atoms with Crippen LogP contribution in [0.25, 0.3) is 11.3 Å². The number of amides is 2. The van der Waals surface area contributed by atoms with Gasteiger partial charge in [0.1, 0.15) is 0 Å². The third kappa shape index (κ3) is 4.12. The molecule has 1 aromatic carbocycles. The number of hydrogen-bond acceptors (Lipinski definition) is 2. The average molecular weight is 312 g/mol. The lowest BCUT2D eigenvalue weighted by Gasteiger charge is -2.15. The largest absolute Gasteiger partial charge is 0.335 e. The molecule has 122 valence electrons. The van der Waals surface area contributed by atoms with Crippen LogP contribution in [-0.2, 0) is 7.05 Å². The Labute approximate surface area is 137 Å². The van der Waals surface area contributed by atoms with Gasteiger partial charge in [-0.3, -0.25) is 10.00 Å². The summed E-state index contributed by atoms with van der Waals surface area (Å²) in [6.07, 6.45) is 7.11. The summed E-state index contributed by atoms with van der Waals surface area (Å²) >= 11 is 0. The zero-order valence-corrected chi connectivity index (χ0v) is 13.6. The zero-order valence-electron chi connectivity index (χ0n) is 13.6. The van der Waals surface area contributed by atoms with Crippen LogP contribution in [0.2, 0.25) is 0 Å². The molecule has 5 heteroatoms. The summed E-state index contributed by atoms with van der Waals surface area (Å²) < 4.78 is 1.79. The van der Waals surface area contributed by atoms with Crippen LogP contribution in [0.4, 0.5) is 10.6 Å². The van der Waals surface area contributed by atoms with Gasteiger partial charge >= 0.3 is 6.03 Å². The molecule has 0 saturated heterocycles. The van der Waals surface area contributed by atoms with Gasteiger partial charge in [-0.1, -0.05) is 56.0 Å². The minimum absolute atomic E-state index is 0.158. The summed E-state index contributed by atoms with van der Waals surface area (Å²) in [5.41, 5.74) is 2.06. The number of hydrogen-bond donors (Lipinski definition) is 2. The minimum atomic E-state index is -0.158. The summed E-state index contributed by atoms with van der Waals surface area (Å²) in [5, 5.41) is 10.3. The van der Waals surface area contributed by atoms with Crippen LogP contribution in [0.1, 0.15) is 38.5 Å². The highest BCUT2D eigenvalue weighted by Gasteiger charge is 2.16. The van der Waals surface area contributed by atoms with E-state index in [2.05, 4.69) is 15.7 Å². The molecule has 1 aliphatic carbocycles. The fourth-order valence-corrected chi connectivity index (χ4v) is 3.17. The average Bonchev–Trinajstić information content (AvgIpc) is 2.74. The van der Waals surface area contributed by atoms with E-state index in [0.717, 1.165) is 24.1 Å². The lowest BCUT2D eigenvalue weighted by molar-refractivity contribution is 0.247. The van der Waals surface area contributed by atoms with E-state index >= 15 is 0 Å². The van der Waals surface area contributed by atoms with Crippen molar-refractivity contribution >= 4 is 11.8 Å². The molecule has 0 aliphatic heterocycles. The second kappa shape index (κ2) is 7.31. The zero-order chi connectivity index (χ0) is 16.1. The highest BCUT2D eigenvalue weighted by atomic mass is 16.2. The monoisotopic (exact) mass is 312 g/mol. The normalized spacial score (nSPS) is 15.9. The summed E-state index contributed by atoms with van der Waals surface area (Å²) in [5.74, 6) is 0.581. The minimum Gasteiger partial charge on any atom is -0.335 e. The Balaban J connectivity index is 1.63. The molecule has 0 atom stereocenters. The first-order chi connectivity index (χ1) is 11.2. The molecule has 5 nitrogen and oxygen atoms in total. The van der Waals surface area contributed by atoms with E-state index < -0.39 is 0 Å². The molecule has 1 heterocycles. The maximum absolute atomic E-state index is 12.2. The van der Waals surface area contributed by atoms with Crippen molar-refractivity contribution in [3.8, 4) is 11.3 Å². The number of aromatic nitrogens is 2. The van der Waals surface area contributed by atoms with E-state index in [1.807, 2.05) is 43.4 Å². The van der Waals surface area contributed by atoms with Gasteiger partial charge in [-0.05, 0) is 18.4 Å². The van der Waals surface area contributed by atoms with Gasteiger partial charge in [0.2, 0.25) is 0 Å². The molecule has 0 spiro atoms. The molecule has 0 unspecified atom stereocenters. The number of carbonyl (C=O) groups excluding carboxylic acids is 1. The molecule has 1 fully saturated rings. The second-order valence-corrected chi connectivity index (χ2v) is 6.19. The number of anilines is 1. The predicted molar refractivity (Wildman–Crippen MR) is 92.3 cm³/mol. The third-order valence-corrected chi connectivity index (χ3v) is 4.38. The van der Waals surface area contributed by atoms with Gasteiger partial charge in [-0.15, -0.1) is 0 Å². The van der Waals surface area contributed by atoms with Crippen molar-refractivity contribution in [3.05, 3.63) is 36.4 Å². The number of nitrogens with zero attached hydrogens (tertiary/aromatic N) is 2. The molecular formula is C18H24N4O. The van der Waals surface area contributed by atoms with Crippen molar-refractivity contribution in [1.82, 2.24) is 15.1 Å². The predicted octanol–water partition coefficient (Wildman–Crippen LogP) is 3.93. The van der Waals surface area contributed by atoms with Crippen LogP contribution >= 0.6 is 0 Å². The molecule has 0 radical (unpaired) electrons. The number of aryl methyl sites for hydroxylation is 1. The standard InChI is InChI=1S/C18H24N4O/c1-22-16(14-9-5-4-6-10-14)13-17(21-22)20-18(23)19-15-11-7-2-3-8-12-15/h4-6,9-10,13,15H,2-3,7-8,11-12H2,1H3,(H2,19,20,21,23). The van der Waals surface area contributed by atoms with Crippen LogP contribution in [0.15, 0.2) is 36.4 Å². The summed E-state index contributed by atoms with van der Waals surface area (Å²) in [4.78, 5) is 12.2. The molecule has 2 N–H and O–H groups in total. The Morgan fingerprint density at radius 3 is 2.52 bits per heavy atom. The molecule has 3 rings (SSSR count). The Hall–Kier alpha value is -2.30. The highest BCUT2D eigenvalue weighted by molar-refractivity contribution is 5.89. The molecular weight excluding hydrogens is 288 g/mol. The molecule has 2 amide bonds. The molecule has 2 aromatic rings. The van der Waals surface area contributed by atoms with Gasteiger partial charge in [0.15, 0.2) is 5.82 Å². The maximum atomic E-state index is 12.2. The van der Waals surface area contributed by atoms with Crippen molar-refractivity contribution < 1.29 is 4.79 Å². The lowest BCUT2D eigenvalue weighted by Crippen LogP contribution is -2.37. The van der Waals surface area contributed by atoms with Crippen molar-refractivity contribution in [1.29, 1.82) is 0 Å². The van der Waals surface area contributed by atoms with E-state index in [9.17, 15) is 4.79 Å². The first-order valence-corrected chi connectivity index (χ1v) is 8.39. The van der Waals surface area contributed by atoms with Crippen LogP contribution in [0.5, 0.6) is 0 Å². The van der Waals surface area contributed by atoms with E-state index in [1.54, 1.807) is 4.68 Å². The second-order valence-electron chi connectivity index (χ2n) is 6.19. The van der Waals surface area contributed by atoms with Gasteiger partial charge in [-0.25, -0.2) is 4.79 Å². The van der Waals surface area contributed by atoms with Crippen molar-refractivity contribution in [2.24, 2.45) is 7.05 Å². The Bertz CT molecular complexity index is 642. The van der Waals surface area contributed by atoms with Crippen molar-refractivity contribution in [2.75, 3.05) is 5.32 Å². The van der Waals surface area contributed by atoms with Crippen molar-refractivity contribution in [3.63, 3.8) is 0 Å². The smallest absolute Gasteiger partial charge is 0.320 e. The van der Waals surface area contributed by atoms with Crippen LogP contribution in [-0.4, -0.2) is 21.9 Å². The molecule has 1 aliphatic rings. The summed E-state index contributed by atoms with van der Waals surface area (Å²) in [7, 11) is 1.89. The van der Waals surface area contributed by atoms with Gasteiger partial charge in [0.05, 0.1) is 5.69 Å². The van der Waals surface area contributed by atoms with Crippen molar-refractivity contribution in [2.45, 2.75) is 44.6 Å². The summed E-state index contributed by atoms with van der Waals surface area (Å²) in [6.45, 7) is 0. The lowest BCUT2D eigenvalue weighted by atomic mass is 10.1. The number of nitrogens with one attached hydrogen (secondary N) is 2. The Morgan fingerprint density at radius 2 is 1.83 bits per heavy atom. The number of benzene rings is 1. The fraction of sp³-hybridized carbons (Fsp3) is 0.444. The SMILES string of the molecule is Cn1nc(NC(=O)NC2CCCCCC2)cc1-c1ccccc1. The Kier molecular flexibility index (Phi) is 4.95. The number of carbonyl (C=O) groups is 1. The maximum Gasteiger partial charge on any atom is 0.320 e. The van der Waals surface area contributed by atoms with Gasteiger partial charge in [0, 0.05) is 19.2 Å². The Morgan fingerprint density at radius 1 is 1.13 bits per heavy atom. The van der Waals surface area contributed by atoms with Gasteiger partial charge in [-0.2, -0.15) is 5.10 Å². The summed E-state index contributed by atoms with van der Waals surface area (Å²) in [6, 6.07) is 12.1.